The highest BCUT2D eigenvalue weighted by Gasteiger charge is 2.14. The van der Waals surface area contributed by atoms with E-state index in [-0.39, 0.29) is 0 Å². The lowest BCUT2D eigenvalue weighted by Crippen LogP contribution is -2.31. The molecule has 0 aliphatic carbocycles. The largest absolute Gasteiger partial charge is 0.301 e. The summed E-state index contributed by atoms with van der Waals surface area (Å²) in [7, 11) is 0. The zero-order chi connectivity index (χ0) is 12.8. The summed E-state index contributed by atoms with van der Waals surface area (Å²) in [4.78, 5) is 8.08. The summed E-state index contributed by atoms with van der Waals surface area (Å²) in [5.74, 6) is 0.755. The van der Waals surface area contributed by atoms with E-state index in [0.29, 0.717) is 0 Å². The molecule has 1 aliphatic heterocycles. The summed E-state index contributed by atoms with van der Waals surface area (Å²) in [5.41, 5.74) is 0. The van der Waals surface area contributed by atoms with Crippen LogP contribution in [0.1, 0.15) is 23.1 Å². The lowest BCUT2D eigenvalue weighted by atomic mass is 10.3. The molecule has 1 aromatic heterocycles. The Bertz CT molecular complexity index is 353. The Balaban J connectivity index is 1.82. The molecule has 1 aliphatic rings. The molecule has 0 atom stereocenters. The van der Waals surface area contributed by atoms with Crippen LogP contribution in [0.2, 0.25) is 0 Å². The van der Waals surface area contributed by atoms with Crippen LogP contribution in [-0.4, -0.2) is 48.4 Å². The maximum Gasteiger partial charge on any atom is 0.0351 e. The monoisotopic (exact) mass is 286 g/mol. The number of nitrogens with zero attached hydrogens (tertiary/aromatic N) is 2. The molecule has 0 radical (unpaired) electrons. The predicted molar refractivity (Wildman–Crippen MR) is 80.8 cm³/mol. The molecule has 2 rings (SSSR count). The molecule has 0 spiro atoms. The van der Waals surface area contributed by atoms with Crippen molar-refractivity contribution in [3.63, 3.8) is 0 Å². The van der Waals surface area contributed by atoms with Gasteiger partial charge in [-0.3, -0.25) is 4.90 Å². The summed E-state index contributed by atoms with van der Waals surface area (Å²) in [5, 5.41) is 0. The van der Waals surface area contributed by atoms with Gasteiger partial charge in [0, 0.05) is 41.8 Å². The van der Waals surface area contributed by atoms with E-state index in [0.717, 1.165) is 25.4 Å². The van der Waals surface area contributed by atoms with E-state index in [1.807, 2.05) is 11.3 Å². The van der Waals surface area contributed by atoms with Crippen LogP contribution in [-0.2, 0) is 13.0 Å². The third-order valence-electron chi connectivity index (χ3n) is 3.53. The molecule has 2 heterocycles. The van der Waals surface area contributed by atoms with E-state index in [1.165, 1.54) is 42.4 Å². The van der Waals surface area contributed by atoms with Gasteiger partial charge >= 0.3 is 0 Å². The summed E-state index contributed by atoms with van der Waals surface area (Å²) in [6.07, 6.45) is 2.43. The minimum atomic E-state index is 0.755. The van der Waals surface area contributed by atoms with Gasteiger partial charge in [0.2, 0.25) is 0 Å². The molecule has 1 fully saturated rings. The topological polar surface area (TPSA) is 6.48 Å². The second-order valence-electron chi connectivity index (χ2n) is 4.88. The van der Waals surface area contributed by atoms with Crippen LogP contribution >= 0.6 is 22.9 Å². The Morgan fingerprint density at radius 2 is 1.83 bits per heavy atom. The zero-order valence-corrected chi connectivity index (χ0v) is 12.8. The van der Waals surface area contributed by atoms with Crippen molar-refractivity contribution >= 4 is 22.9 Å². The van der Waals surface area contributed by atoms with Gasteiger partial charge < -0.3 is 4.90 Å². The van der Waals surface area contributed by atoms with Gasteiger partial charge in [0.15, 0.2) is 0 Å². The second-order valence-corrected chi connectivity index (χ2v) is 6.51. The lowest BCUT2D eigenvalue weighted by Gasteiger charge is -2.20. The van der Waals surface area contributed by atoms with Crippen molar-refractivity contribution < 1.29 is 0 Å². The van der Waals surface area contributed by atoms with E-state index in [9.17, 15) is 0 Å². The van der Waals surface area contributed by atoms with Crippen molar-refractivity contribution in [1.82, 2.24) is 9.80 Å². The predicted octanol–water partition coefficient (Wildman–Crippen LogP) is 3.06. The molecule has 1 saturated heterocycles. The van der Waals surface area contributed by atoms with Crippen LogP contribution in [0, 0.1) is 0 Å². The Morgan fingerprint density at radius 3 is 2.56 bits per heavy atom. The molecule has 0 amide bonds. The molecule has 102 valence electrons. The van der Waals surface area contributed by atoms with Crippen LogP contribution in [0.5, 0.6) is 0 Å². The molecular weight excluding hydrogens is 264 g/mol. The van der Waals surface area contributed by atoms with Crippen LogP contribution < -0.4 is 0 Å². The fraction of sp³-hybridized carbons (Fsp3) is 0.714. The average molecular weight is 287 g/mol. The molecule has 2 nitrogen and oxygen atoms in total. The number of alkyl halides is 1. The van der Waals surface area contributed by atoms with Gasteiger partial charge in [-0.15, -0.1) is 22.9 Å². The molecule has 1 aromatic rings. The first kappa shape index (κ1) is 14.3. The second kappa shape index (κ2) is 7.49. The van der Waals surface area contributed by atoms with Gasteiger partial charge in [-0.1, -0.05) is 6.92 Å². The summed E-state index contributed by atoms with van der Waals surface area (Å²) in [6, 6.07) is 4.57. The van der Waals surface area contributed by atoms with Crippen molar-refractivity contribution in [3.05, 3.63) is 21.9 Å². The number of aryl methyl sites for hydroxylation is 1. The minimum Gasteiger partial charge on any atom is -0.301 e. The first-order valence-electron chi connectivity index (χ1n) is 6.90. The van der Waals surface area contributed by atoms with E-state index in [1.54, 1.807) is 0 Å². The Kier molecular flexibility index (Phi) is 5.96. The van der Waals surface area contributed by atoms with Gasteiger partial charge in [-0.2, -0.15) is 0 Å². The van der Waals surface area contributed by atoms with E-state index in [4.69, 9.17) is 11.6 Å². The maximum atomic E-state index is 5.82. The van der Waals surface area contributed by atoms with Crippen LogP contribution in [0.4, 0.5) is 0 Å². The molecule has 4 heteroatoms. The number of thiophene rings is 1. The Morgan fingerprint density at radius 1 is 1.11 bits per heavy atom. The Labute approximate surface area is 120 Å². The Hall–Kier alpha value is -0.0900. The fourth-order valence-corrected chi connectivity index (χ4v) is 3.68. The highest BCUT2D eigenvalue weighted by Crippen LogP contribution is 2.19. The first-order chi connectivity index (χ1) is 8.81. The van der Waals surface area contributed by atoms with Crippen molar-refractivity contribution in [2.75, 3.05) is 38.6 Å². The standard InChI is InChI=1S/C14H23ClN2S/c1-2-13-4-5-14(18-13)12-17-8-3-7-16(9-6-15)10-11-17/h4-5H,2-3,6-12H2,1H3. The fourth-order valence-electron chi connectivity index (χ4n) is 2.44. The average Bonchev–Trinajstić information content (AvgIpc) is 2.71. The molecule has 0 unspecified atom stereocenters. The van der Waals surface area contributed by atoms with Gasteiger partial charge in [0.1, 0.15) is 0 Å². The molecule has 0 saturated carbocycles. The summed E-state index contributed by atoms with van der Waals surface area (Å²) >= 11 is 7.79. The van der Waals surface area contributed by atoms with Gasteiger partial charge in [0.05, 0.1) is 0 Å². The van der Waals surface area contributed by atoms with Gasteiger partial charge in [-0.25, -0.2) is 0 Å². The highest BCUT2D eigenvalue weighted by molar-refractivity contribution is 7.11. The first-order valence-corrected chi connectivity index (χ1v) is 8.25. The van der Waals surface area contributed by atoms with E-state index >= 15 is 0 Å². The zero-order valence-electron chi connectivity index (χ0n) is 11.2. The molecular formula is C14H23ClN2S. The molecule has 0 bridgehead atoms. The molecule has 18 heavy (non-hydrogen) atoms. The third kappa shape index (κ3) is 4.23. The molecule has 0 N–H and O–H groups in total. The van der Waals surface area contributed by atoms with Gasteiger partial charge in [-0.05, 0) is 38.1 Å². The lowest BCUT2D eigenvalue weighted by molar-refractivity contribution is 0.259. The normalized spacial score (nSPS) is 19.0. The quantitative estimate of drug-likeness (QED) is 0.768. The number of rotatable bonds is 5. The summed E-state index contributed by atoms with van der Waals surface area (Å²) < 4.78 is 0. The van der Waals surface area contributed by atoms with E-state index in [2.05, 4.69) is 28.9 Å². The van der Waals surface area contributed by atoms with Crippen molar-refractivity contribution in [2.45, 2.75) is 26.3 Å². The highest BCUT2D eigenvalue weighted by atomic mass is 35.5. The minimum absolute atomic E-state index is 0.755. The number of hydrogen-bond donors (Lipinski definition) is 0. The molecule has 0 aromatic carbocycles. The van der Waals surface area contributed by atoms with Crippen molar-refractivity contribution in [2.24, 2.45) is 0 Å². The van der Waals surface area contributed by atoms with Crippen LogP contribution in [0.15, 0.2) is 12.1 Å². The SMILES string of the molecule is CCc1ccc(CN2CCCN(CCCl)CC2)s1. The smallest absolute Gasteiger partial charge is 0.0351 e. The summed E-state index contributed by atoms with van der Waals surface area (Å²) in [6.45, 7) is 9.15. The van der Waals surface area contributed by atoms with Crippen molar-refractivity contribution in [3.8, 4) is 0 Å². The van der Waals surface area contributed by atoms with E-state index < -0.39 is 0 Å². The number of halogens is 1. The van der Waals surface area contributed by atoms with Crippen LogP contribution in [0.3, 0.4) is 0 Å². The third-order valence-corrected chi connectivity index (χ3v) is 4.91. The van der Waals surface area contributed by atoms with Crippen LogP contribution in [0.25, 0.3) is 0 Å². The number of hydrogen-bond acceptors (Lipinski definition) is 3. The van der Waals surface area contributed by atoms with Crippen molar-refractivity contribution in [1.29, 1.82) is 0 Å². The van der Waals surface area contributed by atoms with Gasteiger partial charge in [0.25, 0.3) is 0 Å². The maximum absolute atomic E-state index is 5.82.